The van der Waals surface area contributed by atoms with E-state index in [0.29, 0.717) is 12.0 Å². The van der Waals surface area contributed by atoms with Crippen molar-refractivity contribution < 1.29 is 19.4 Å². The fourth-order valence-electron chi connectivity index (χ4n) is 3.04. The number of carbonyl (C=O) groups excluding carboxylic acids is 2. The lowest BCUT2D eigenvalue weighted by atomic mass is 10.1. The average molecular weight is 362 g/mol. The SMILES string of the molecule is COc1ccc(-c2ccc(CCC(=O)[O-])n2-c2ccc(C(C)=O)cc2)cc1. The van der Waals surface area contributed by atoms with Gasteiger partial charge in [0.05, 0.1) is 12.8 Å². The molecule has 0 unspecified atom stereocenters. The van der Waals surface area contributed by atoms with Gasteiger partial charge in [-0.3, -0.25) is 4.79 Å². The smallest absolute Gasteiger partial charge is 0.159 e. The van der Waals surface area contributed by atoms with Crippen molar-refractivity contribution in [1.29, 1.82) is 0 Å². The van der Waals surface area contributed by atoms with E-state index < -0.39 is 5.97 Å². The number of hydrogen-bond acceptors (Lipinski definition) is 4. The Morgan fingerprint density at radius 3 is 2.19 bits per heavy atom. The van der Waals surface area contributed by atoms with E-state index in [4.69, 9.17) is 4.74 Å². The van der Waals surface area contributed by atoms with Gasteiger partial charge in [-0.1, -0.05) is 0 Å². The first-order valence-corrected chi connectivity index (χ1v) is 8.66. The monoisotopic (exact) mass is 362 g/mol. The summed E-state index contributed by atoms with van der Waals surface area (Å²) in [7, 11) is 1.62. The normalized spacial score (nSPS) is 10.6. The molecule has 0 radical (unpaired) electrons. The first-order chi connectivity index (χ1) is 13.0. The number of carbonyl (C=O) groups is 2. The van der Waals surface area contributed by atoms with Crippen LogP contribution in [0.5, 0.6) is 5.75 Å². The predicted molar refractivity (Wildman–Crippen MR) is 101 cm³/mol. The van der Waals surface area contributed by atoms with Crippen LogP contribution in [0.25, 0.3) is 16.9 Å². The summed E-state index contributed by atoms with van der Waals surface area (Å²) in [5, 5.41) is 10.9. The molecule has 1 heterocycles. The van der Waals surface area contributed by atoms with Gasteiger partial charge in [-0.2, -0.15) is 0 Å². The molecule has 0 spiro atoms. The van der Waals surface area contributed by atoms with Crippen LogP contribution in [-0.2, 0) is 11.2 Å². The molecule has 0 aliphatic rings. The number of benzene rings is 2. The van der Waals surface area contributed by atoms with Crippen LogP contribution in [0.4, 0.5) is 0 Å². The zero-order chi connectivity index (χ0) is 19.4. The van der Waals surface area contributed by atoms with Gasteiger partial charge in [0.1, 0.15) is 5.75 Å². The zero-order valence-electron chi connectivity index (χ0n) is 15.3. The molecule has 2 aromatic carbocycles. The molecule has 5 nitrogen and oxygen atoms in total. The molecule has 0 amide bonds. The molecule has 27 heavy (non-hydrogen) atoms. The highest BCUT2D eigenvalue weighted by molar-refractivity contribution is 5.94. The first-order valence-electron chi connectivity index (χ1n) is 8.66. The number of rotatable bonds is 7. The average Bonchev–Trinajstić information content (AvgIpc) is 3.10. The number of aryl methyl sites for hydroxylation is 1. The summed E-state index contributed by atoms with van der Waals surface area (Å²) >= 11 is 0. The molecule has 0 aliphatic carbocycles. The maximum absolute atomic E-state index is 11.5. The second-order valence-corrected chi connectivity index (χ2v) is 6.25. The number of aliphatic carboxylic acids is 1. The fourth-order valence-corrected chi connectivity index (χ4v) is 3.04. The van der Waals surface area contributed by atoms with Crippen LogP contribution in [0, 0.1) is 0 Å². The Bertz CT molecular complexity index is 953. The summed E-state index contributed by atoms with van der Waals surface area (Å²) in [5.74, 6) is -0.317. The number of Topliss-reactive ketones (excluding diaryl/α,β-unsaturated/α-hetero) is 1. The van der Waals surface area contributed by atoms with Gasteiger partial charge in [0, 0.05) is 22.9 Å². The Balaban J connectivity index is 2.07. The highest BCUT2D eigenvalue weighted by Crippen LogP contribution is 2.29. The van der Waals surface area contributed by atoms with E-state index >= 15 is 0 Å². The molecule has 138 valence electrons. The van der Waals surface area contributed by atoms with Crippen molar-refractivity contribution in [2.24, 2.45) is 0 Å². The second-order valence-electron chi connectivity index (χ2n) is 6.25. The number of ketones is 1. The van der Waals surface area contributed by atoms with Crippen LogP contribution >= 0.6 is 0 Å². The van der Waals surface area contributed by atoms with Crippen molar-refractivity contribution in [2.75, 3.05) is 7.11 Å². The third-order valence-corrected chi connectivity index (χ3v) is 4.46. The van der Waals surface area contributed by atoms with Gasteiger partial charge in [-0.25, -0.2) is 0 Å². The van der Waals surface area contributed by atoms with Crippen molar-refractivity contribution in [3.8, 4) is 22.7 Å². The lowest BCUT2D eigenvalue weighted by Gasteiger charge is -2.15. The molecule has 0 atom stereocenters. The quantitative estimate of drug-likeness (QED) is 0.606. The maximum Gasteiger partial charge on any atom is 0.159 e. The van der Waals surface area contributed by atoms with E-state index in [1.54, 1.807) is 19.2 Å². The molecule has 0 N–H and O–H groups in total. The Kier molecular flexibility index (Phi) is 5.41. The maximum atomic E-state index is 11.5. The number of ether oxygens (including phenoxy) is 1. The van der Waals surface area contributed by atoms with Gasteiger partial charge in [-0.15, -0.1) is 0 Å². The summed E-state index contributed by atoms with van der Waals surface area (Å²) in [6, 6.07) is 18.8. The molecule has 5 heteroatoms. The van der Waals surface area contributed by atoms with E-state index in [9.17, 15) is 14.7 Å². The number of methoxy groups -OCH3 is 1. The topological polar surface area (TPSA) is 71.4 Å². The Morgan fingerprint density at radius 2 is 1.63 bits per heavy atom. The molecule has 0 saturated carbocycles. The minimum absolute atomic E-state index is 0.00149. The largest absolute Gasteiger partial charge is 0.550 e. The highest BCUT2D eigenvalue weighted by atomic mass is 16.5. The van der Waals surface area contributed by atoms with Gasteiger partial charge < -0.3 is 19.2 Å². The standard InChI is InChI=1S/C22H21NO4/c1-15(24)16-3-7-18(8-4-16)23-19(10-14-22(25)26)9-13-21(23)17-5-11-20(27-2)12-6-17/h3-9,11-13H,10,14H2,1-2H3,(H,25,26)/p-1. The van der Waals surface area contributed by atoms with Crippen LogP contribution in [0.2, 0.25) is 0 Å². The van der Waals surface area contributed by atoms with E-state index in [1.807, 2.05) is 53.1 Å². The van der Waals surface area contributed by atoms with Crippen LogP contribution < -0.4 is 9.84 Å². The van der Waals surface area contributed by atoms with Gasteiger partial charge in [0.25, 0.3) is 0 Å². The van der Waals surface area contributed by atoms with Crippen molar-refractivity contribution in [3.63, 3.8) is 0 Å². The molecule has 0 bridgehead atoms. The highest BCUT2D eigenvalue weighted by Gasteiger charge is 2.13. The Labute approximate surface area is 157 Å². The summed E-state index contributed by atoms with van der Waals surface area (Å²) in [6.45, 7) is 1.53. The minimum atomic E-state index is -1.08. The number of carboxylic acid groups (broad SMARTS) is 1. The van der Waals surface area contributed by atoms with Crippen molar-refractivity contribution in [1.82, 2.24) is 4.57 Å². The first kappa shape index (κ1) is 18.5. The summed E-state index contributed by atoms with van der Waals surface area (Å²) in [4.78, 5) is 22.5. The Morgan fingerprint density at radius 1 is 0.963 bits per heavy atom. The summed E-state index contributed by atoms with van der Waals surface area (Å²) < 4.78 is 7.22. The van der Waals surface area contributed by atoms with E-state index in [2.05, 4.69) is 0 Å². The van der Waals surface area contributed by atoms with Crippen molar-refractivity contribution >= 4 is 11.8 Å². The van der Waals surface area contributed by atoms with E-state index in [1.165, 1.54) is 6.92 Å². The minimum Gasteiger partial charge on any atom is -0.550 e. The zero-order valence-corrected chi connectivity index (χ0v) is 15.3. The van der Waals surface area contributed by atoms with Crippen LogP contribution in [0.15, 0.2) is 60.7 Å². The summed E-state index contributed by atoms with van der Waals surface area (Å²) in [6.07, 6.45) is 0.296. The lowest BCUT2D eigenvalue weighted by molar-refractivity contribution is -0.305. The molecule has 1 aromatic heterocycles. The van der Waals surface area contributed by atoms with Gasteiger partial charge in [0.15, 0.2) is 5.78 Å². The molecular weight excluding hydrogens is 342 g/mol. The fraction of sp³-hybridized carbons (Fsp3) is 0.182. The summed E-state index contributed by atoms with van der Waals surface area (Å²) in [5.41, 5.74) is 4.27. The van der Waals surface area contributed by atoms with Crippen LogP contribution in [-0.4, -0.2) is 23.4 Å². The molecule has 0 aliphatic heterocycles. The number of carboxylic acids is 1. The number of nitrogens with zero attached hydrogens (tertiary/aromatic N) is 1. The molecule has 3 rings (SSSR count). The van der Waals surface area contributed by atoms with E-state index in [0.717, 1.165) is 28.4 Å². The molecular formula is C22H20NO4-. The number of hydrogen-bond donors (Lipinski definition) is 0. The predicted octanol–water partition coefficient (Wildman–Crippen LogP) is 3.04. The third kappa shape index (κ3) is 4.08. The number of aromatic nitrogens is 1. The Hall–Kier alpha value is -3.34. The van der Waals surface area contributed by atoms with Crippen molar-refractivity contribution in [3.05, 3.63) is 71.9 Å². The molecule has 0 fully saturated rings. The third-order valence-electron chi connectivity index (χ3n) is 4.46. The van der Waals surface area contributed by atoms with Crippen LogP contribution in [0.1, 0.15) is 29.4 Å². The molecule has 3 aromatic rings. The second kappa shape index (κ2) is 7.91. The van der Waals surface area contributed by atoms with Crippen molar-refractivity contribution in [2.45, 2.75) is 19.8 Å². The van der Waals surface area contributed by atoms with Gasteiger partial charge in [0.2, 0.25) is 0 Å². The van der Waals surface area contributed by atoms with Gasteiger partial charge in [-0.05, 0) is 86.0 Å². The van der Waals surface area contributed by atoms with Crippen LogP contribution in [0.3, 0.4) is 0 Å². The molecule has 0 saturated heterocycles. The van der Waals surface area contributed by atoms with Gasteiger partial charge >= 0.3 is 0 Å². The van der Waals surface area contributed by atoms with E-state index in [-0.39, 0.29) is 12.2 Å². The lowest BCUT2D eigenvalue weighted by Crippen LogP contribution is -2.22.